The molecule has 0 aliphatic carbocycles. The highest BCUT2D eigenvalue weighted by Crippen LogP contribution is 2.28. The van der Waals surface area contributed by atoms with Crippen LogP contribution in [0.1, 0.15) is 21.4 Å². The van der Waals surface area contributed by atoms with Gasteiger partial charge in [0.2, 0.25) is 0 Å². The van der Waals surface area contributed by atoms with Crippen molar-refractivity contribution in [2.24, 2.45) is 5.73 Å². The number of hydrogen-bond donors (Lipinski definition) is 1. The smallest absolute Gasteiger partial charge is 0.387 e. The van der Waals surface area contributed by atoms with Crippen LogP contribution >= 0.6 is 11.3 Å². The summed E-state index contributed by atoms with van der Waals surface area (Å²) in [6.45, 7) is -0.822. The Hall–Kier alpha value is -1.46. The molecule has 2 aromatic rings. The summed E-state index contributed by atoms with van der Waals surface area (Å²) in [5.74, 6) is 0.131. The lowest BCUT2D eigenvalue weighted by Gasteiger charge is -2.12. The fraction of sp³-hybridized carbons (Fsp3) is 0.231. The molecule has 96 valence electrons. The van der Waals surface area contributed by atoms with Crippen molar-refractivity contribution in [2.75, 3.05) is 0 Å². The van der Waals surface area contributed by atoms with Crippen LogP contribution in [-0.4, -0.2) is 6.61 Å². The molecule has 0 spiro atoms. The van der Waals surface area contributed by atoms with Crippen molar-refractivity contribution in [3.63, 3.8) is 0 Å². The lowest BCUT2D eigenvalue weighted by Crippen LogP contribution is -2.10. The van der Waals surface area contributed by atoms with E-state index < -0.39 is 6.61 Å². The van der Waals surface area contributed by atoms with E-state index in [2.05, 4.69) is 4.74 Å². The van der Waals surface area contributed by atoms with Gasteiger partial charge in [-0.15, -0.1) is 11.3 Å². The molecule has 1 atom stereocenters. The summed E-state index contributed by atoms with van der Waals surface area (Å²) >= 11 is 1.60. The first kappa shape index (κ1) is 13.0. The first-order valence-corrected chi connectivity index (χ1v) is 6.24. The Morgan fingerprint density at radius 3 is 2.61 bits per heavy atom. The molecule has 0 saturated carbocycles. The first-order chi connectivity index (χ1) is 8.56. The first-order valence-electron chi connectivity index (χ1n) is 5.43. The molecule has 2 N–H and O–H groups in total. The standard InChI is InChI=1S/C13H13F2NOS/c1-8-5-6-11(18-8)12(16)9-3-2-4-10(7-9)17-13(14)15/h2-7,12-13H,16H2,1H3. The van der Waals surface area contributed by atoms with Crippen LogP contribution in [0.4, 0.5) is 8.78 Å². The predicted octanol–water partition coefficient (Wildman–Crippen LogP) is 3.71. The largest absolute Gasteiger partial charge is 0.435 e. The summed E-state index contributed by atoms with van der Waals surface area (Å²) in [4.78, 5) is 2.17. The van der Waals surface area contributed by atoms with E-state index in [-0.39, 0.29) is 11.8 Å². The Bertz CT molecular complexity index is 527. The number of alkyl halides is 2. The molecule has 0 amide bonds. The van der Waals surface area contributed by atoms with Gasteiger partial charge in [0.25, 0.3) is 0 Å². The maximum Gasteiger partial charge on any atom is 0.387 e. The van der Waals surface area contributed by atoms with Crippen LogP contribution in [-0.2, 0) is 0 Å². The predicted molar refractivity (Wildman–Crippen MR) is 68.2 cm³/mol. The third-order valence-corrected chi connectivity index (χ3v) is 3.59. The van der Waals surface area contributed by atoms with Crippen molar-refractivity contribution in [3.8, 4) is 5.75 Å². The molecule has 1 aromatic carbocycles. The van der Waals surface area contributed by atoms with Crippen molar-refractivity contribution < 1.29 is 13.5 Å². The number of halogens is 2. The molecule has 5 heteroatoms. The molecule has 0 aliphatic heterocycles. The normalized spacial score (nSPS) is 12.7. The van der Waals surface area contributed by atoms with Gasteiger partial charge in [-0.3, -0.25) is 0 Å². The van der Waals surface area contributed by atoms with Crippen LogP contribution in [0.2, 0.25) is 0 Å². The second-order valence-electron chi connectivity index (χ2n) is 3.88. The van der Waals surface area contributed by atoms with Crippen molar-refractivity contribution >= 4 is 11.3 Å². The maximum atomic E-state index is 12.1. The van der Waals surface area contributed by atoms with Gasteiger partial charge in [-0.2, -0.15) is 8.78 Å². The number of nitrogens with two attached hydrogens (primary N) is 1. The lowest BCUT2D eigenvalue weighted by molar-refractivity contribution is -0.0498. The molecule has 1 aromatic heterocycles. The zero-order valence-corrected chi connectivity index (χ0v) is 10.6. The zero-order chi connectivity index (χ0) is 13.1. The quantitative estimate of drug-likeness (QED) is 0.918. The molecule has 1 unspecified atom stereocenters. The van der Waals surface area contributed by atoms with Crippen LogP contribution < -0.4 is 10.5 Å². The average molecular weight is 269 g/mol. The Morgan fingerprint density at radius 2 is 2.00 bits per heavy atom. The highest BCUT2D eigenvalue weighted by Gasteiger charge is 2.12. The average Bonchev–Trinajstić information content (AvgIpc) is 2.74. The number of aryl methyl sites for hydroxylation is 1. The molecule has 1 heterocycles. The second-order valence-corrected chi connectivity index (χ2v) is 5.20. The van der Waals surface area contributed by atoms with Gasteiger partial charge in [0.05, 0.1) is 6.04 Å². The highest BCUT2D eigenvalue weighted by atomic mass is 32.1. The minimum absolute atomic E-state index is 0.131. The molecular weight excluding hydrogens is 256 g/mol. The van der Waals surface area contributed by atoms with Gasteiger partial charge in [0.15, 0.2) is 0 Å². The van der Waals surface area contributed by atoms with Gasteiger partial charge in [-0.1, -0.05) is 12.1 Å². The third-order valence-electron chi connectivity index (χ3n) is 2.51. The van der Waals surface area contributed by atoms with E-state index in [1.165, 1.54) is 10.9 Å². The number of rotatable bonds is 4. The van der Waals surface area contributed by atoms with E-state index >= 15 is 0 Å². The summed E-state index contributed by atoms with van der Waals surface area (Å²) in [6.07, 6.45) is 0. The molecule has 18 heavy (non-hydrogen) atoms. The van der Waals surface area contributed by atoms with Crippen molar-refractivity contribution in [3.05, 3.63) is 51.7 Å². The Kier molecular flexibility index (Phi) is 3.93. The molecule has 0 fully saturated rings. The number of hydrogen-bond acceptors (Lipinski definition) is 3. The zero-order valence-electron chi connectivity index (χ0n) is 9.77. The minimum atomic E-state index is -2.82. The van der Waals surface area contributed by atoms with Crippen molar-refractivity contribution in [1.82, 2.24) is 0 Å². The third kappa shape index (κ3) is 3.05. The molecule has 0 bridgehead atoms. The van der Waals surface area contributed by atoms with Gasteiger partial charge >= 0.3 is 6.61 Å². The van der Waals surface area contributed by atoms with E-state index in [4.69, 9.17) is 5.73 Å². The summed E-state index contributed by atoms with van der Waals surface area (Å²) < 4.78 is 28.6. The second kappa shape index (κ2) is 5.46. The summed E-state index contributed by atoms with van der Waals surface area (Å²) in [6, 6.07) is 10.1. The van der Waals surface area contributed by atoms with E-state index in [0.29, 0.717) is 0 Å². The van der Waals surface area contributed by atoms with Gasteiger partial charge in [0, 0.05) is 9.75 Å². The summed E-state index contributed by atoms with van der Waals surface area (Å²) in [5, 5.41) is 0. The van der Waals surface area contributed by atoms with Crippen LogP contribution in [0.15, 0.2) is 36.4 Å². The number of ether oxygens (including phenoxy) is 1. The van der Waals surface area contributed by atoms with Crippen LogP contribution in [0, 0.1) is 6.92 Å². The molecule has 2 rings (SSSR count). The summed E-state index contributed by atoms with van der Waals surface area (Å²) in [5.41, 5.74) is 6.86. The highest BCUT2D eigenvalue weighted by molar-refractivity contribution is 7.12. The molecule has 0 aliphatic rings. The van der Waals surface area contributed by atoms with Crippen LogP contribution in [0.3, 0.4) is 0 Å². The molecule has 0 radical (unpaired) electrons. The van der Waals surface area contributed by atoms with Gasteiger partial charge in [0.1, 0.15) is 5.75 Å². The SMILES string of the molecule is Cc1ccc(C(N)c2cccc(OC(F)F)c2)s1. The van der Waals surface area contributed by atoms with Gasteiger partial charge in [-0.25, -0.2) is 0 Å². The molecular formula is C13H13F2NOS. The van der Waals surface area contributed by atoms with Gasteiger partial charge < -0.3 is 10.5 Å². The Labute approximate surface area is 108 Å². The molecule has 2 nitrogen and oxygen atoms in total. The number of thiophene rings is 1. The fourth-order valence-electron chi connectivity index (χ4n) is 1.67. The molecule has 0 saturated heterocycles. The van der Waals surface area contributed by atoms with E-state index in [1.807, 2.05) is 19.1 Å². The monoisotopic (exact) mass is 269 g/mol. The Morgan fingerprint density at radius 1 is 1.22 bits per heavy atom. The van der Waals surface area contributed by atoms with Crippen LogP contribution in [0.5, 0.6) is 5.75 Å². The van der Waals surface area contributed by atoms with Gasteiger partial charge in [-0.05, 0) is 36.8 Å². The maximum absolute atomic E-state index is 12.1. The topological polar surface area (TPSA) is 35.2 Å². The minimum Gasteiger partial charge on any atom is -0.435 e. The van der Waals surface area contributed by atoms with E-state index in [1.54, 1.807) is 29.5 Å². The Balaban J connectivity index is 2.22. The van der Waals surface area contributed by atoms with Crippen LogP contribution in [0.25, 0.3) is 0 Å². The number of benzene rings is 1. The fourth-order valence-corrected chi connectivity index (χ4v) is 2.58. The lowest BCUT2D eigenvalue weighted by atomic mass is 10.1. The van der Waals surface area contributed by atoms with E-state index in [9.17, 15) is 8.78 Å². The summed E-state index contributed by atoms with van der Waals surface area (Å²) in [7, 11) is 0. The van der Waals surface area contributed by atoms with Crippen molar-refractivity contribution in [1.29, 1.82) is 0 Å². The van der Waals surface area contributed by atoms with E-state index in [0.717, 1.165) is 10.4 Å². The van der Waals surface area contributed by atoms with Crippen molar-refractivity contribution in [2.45, 2.75) is 19.6 Å².